The van der Waals surface area contributed by atoms with Gasteiger partial charge in [-0.05, 0) is 26.7 Å². The first-order chi connectivity index (χ1) is 6.04. The van der Waals surface area contributed by atoms with Crippen LogP contribution in [0.1, 0.15) is 46.0 Å². The average molecular weight is 182 g/mol. The molecule has 0 radical (unpaired) electrons. The fraction of sp³-hybridized carbons (Fsp3) is 0.818. The molecule has 13 heavy (non-hydrogen) atoms. The first-order valence-corrected chi connectivity index (χ1v) is 5.13. The van der Waals surface area contributed by atoms with E-state index in [0.29, 0.717) is 0 Å². The number of hydrogen-bond donors (Lipinski definition) is 0. The fourth-order valence-electron chi connectivity index (χ4n) is 2.18. The maximum absolute atomic E-state index is 5.97. The van der Waals surface area contributed by atoms with Crippen LogP contribution >= 0.6 is 0 Å². The number of rotatable bonds is 0. The Morgan fingerprint density at radius 3 is 2.23 bits per heavy atom. The molecule has 0 aromatic carbocycles. The average Bonchev–Trinajstić information content (AvgIpc) is 2.23. The molecule has 0 unspecified atom stereocenters. The molecule has 0 amide bonds. The Hall–Kier alpha value is -0.500. The van der Waals surface area contributed by atoms with Gasteiger partial charge >= 0.3 is 0 Å². The van der Waals surface area contributed by atoms with Crippen LogP contribution in [0.25, 0.3) is 0 Å². The predicted molar refractivity (Wildman–Crippen MR) is 51.2 cm³/mol. The summed E-state index contributed by atoms with van der Waals surface area (Å²) < 4.78 is 11.8. The van der Waals surface area contributed by atoms with E-state index in [2.05, 4.69) is 6.58 Å². The zero-order chi connectivity index (χ0) is 9.53. The first kappa shape index (κ1) is 9.07. The van der Waals surface area contributed by atoms with E-state index < -0.39 is 0 Å². The van der Waals surface area contributed by atoms with Gasteiger partial charge in [0, 0.05) is 12.8 Å². The fourth-order valence-corrected chi connectivity index (χ4v) is 2.18. The summed E-state index contributed by atoms with van der Waals surface area (Å²) in [5.74, 6) is 0.466. The summed E-state index contributed by atoms with van der Waals surface area (Å²) in [5, 5.41) is 0. The summed E-state index contributed by atoms with van der Waals surface area (Å²) in [5.41, 5.74) is -0.294. The van der Waals surface area contributed by atoms with Crippen molar-refractivity contribution >= 4 is 0 Å². The Balaban J connectivity index is 2.14. The highest BCUT2D eigenvalue weighted by atomic mass is 16.8. The third-order valence-corrected chi connectivity index (χ3v) is 3.04. The standard InChI is InChI=1S/C11H18O2/c1-9-10(2,3)13-11(12-9)7-5-4-6-8-11/h1,4-8H2,2-3H3. The molecule has 0 aromatic rings. The minimum atomic E-state index is -0.321. The topological polar surface area (TPSA) is 18.5 Å². The second-order valence-electron chi connectivity index (χ2n) is 4.61. The van der Waals surface area contributed by atoms with Gasteiger partial charge in [0.25, 0.3) is 0 Å². The van der Waals surface area contributed by atoms with Gasteiger partial charge in [0.05, 0.1) is 0 Å². The molecular formula is C11H18O2. The molecule has 0 atom stereocenters. The minimum absolute atomic E-state index is 0.294. The Morgan fingerprint density at radius 2 is 1.77 bits per heavy atom. The highest BCUT2D eigenvalue weighted by Gasteiger charge is 2.49. The lowest BCUT2D eigenvalue weighted by molar-refractivity contribution is -0.196. The van der Waals surface area contributed by atoms with Crippen LogP contribution in [0, 0.1) is 0 Å². The molecule has 1 aliphatic heterocycles. The van der Waals surface area contributed by atoms with E-state index >= 15 is 0 Å². The van der Waals surface area contributed by atoms with Crippen LogP contribution in [0.3, 0.4) is 0 Å². The number of hydrogen-bond acceptors (Lipinski definition) is 2. The van der Waals surface area contributed by atoms with Crippen molar-refractivity contribution in [3.63, 3.8) is 0 Å². The second-order valence-corrected chi connectivity index (χ2v) is 4.61. The van der Waals surface area contributed by atoms with Crippen LogP contribution in [0.4, 0.5) is 0 Å². The van der Waals surface area contributed by atoms with Crippen LogP contribution in [0.5, 0.6) is 0 Å². The highest BCUT2D eigenvalue weighted by molar-refractivity contribution is 5.08. The molecule has 2 aliphatic rings. The van der Waals surface area contributed by atoms with Gasteiger partial charge in [-0.3, -0.25) is 0 Å². The Kier molecular flexibility index (Phi) is 1.91. The quantitative estimate of drug-likeness (QED) is 0.573. The zero-order valence-corrected chi connectivity index (χ0v) is 8.56. The summed E-state index contributed by atoms with van der Waals surface area (Å²) in [6, 6.07) is 0. The van der Waals surface area contributed by atoms with Crippen LogP contribution in [-0.4, -0.2) is 11.4 Å². The van der Waals surface area contributed by atoms with Crippen molar-refractivity contribution in [2.75, 3.05) is 0 Å². The van der Waals surface area contributed by atoms with Gasteiger partial charge in [0.15, 0.2) is 0 Å². The summed E-state index contributed by atoms with van der Waals surface area (Å²) in [7, 11) is 0. The molecule has 0 aromatic heterocycles. The van der Waals surface area contributed by atoms with Crippen LogP contribution in [-0.2, 0) is 9.47 Å². The van der Waals surface area contributed by atoms with Crippen molar-refractivity contribution in [1.29, 1.82) is 0 Å². The van der Waals surface area contributed by atoms with Gasteiger partial charge in [0.1, 0.15) is 11.4 Å². The molecule has 1 aliphatic carbocycles. The highest BCUT2D eigenvalue weighted by Crippen LogP contribution is 2.45. The molecule has 1 saturated heterocycles. The molecule has 2 fully saturated rings. The normalized spacial score (nSPS) is 30.5. The van der Waals surface area contributed by atoms with Crippen molar-refractivity contribution in [1.82, 2.24) is 0 Å². The molecule has 1 spiro atoms. The van der Waals surface area contributed by atoms with Crippen molar-refractivity contribution in [2.45, 2.75) is 57.3 Å². The Labute approximate surface area is 79.9 Å². The summed E-state index contributed by atoms with van der Waals surface area (Å²) in [6.45, 7) is 7.96. The molecule has 2 nitrogen and oxygen atoms in total. The van der Waals surface area contributed by atoms with Gasteiger partial charge in [-0.1, -0.05) is 13.0 Å². The molecule has 1 saturated carbocycles. The smallest absolute Gasteiger partial charge is 0.211 e. The van der Waals surface area contributed by atoms with Gasteiger partial charge in [-0.25, -0.2) is 0 Å². The van der Waals surface area contributed by atoms with Gasteiger partial charge in [-0.15, -0.1) is 0 Å². The Morgan fingerprint density at radius 1 is 1.15 bits per heavy atom. The summed E-state index contributed by atoms with van der Waals surface area (Å²) in [4.78, 5) is 0. The van der Waals surface area contributed by atoms with E-state index in [4.69, 9.17) is 9.47 Å². The monoisotopic (exact) mass is 182 g/mol. The molecule has 1 heterocycles. The van der Waals surface area contributed by atoms with E-state index in [-0.39, 0.29) is 11.4 Å². The maximum Gasteiger partial charge on any atom is 0.211 e. The van der Waals surface area contributed by atoms with Crippen molar-refractivity contribution in [3.05, 3.63) is 12.3 Å². The third-order valence-electron chi connectivity index (χ3n) is 3.04. The van der Waals surface area contributed by atoms with E-state index in [0.717, 1.165) is 18.6 Å². The molecule has 2 rings (SSSR count). The predicted octanol–water partition coefficient (Wildman–Crippen LogP) is 2.99. The van der Waals surface area contributed by atoms with E-state index in [1.807, 2.05) is 13.8 Å². The number of ether oxygens (including phenoxy) is 2. The van der Waals surface area contributed by atoms with Crippen LogP contribution in [0.2, 0.25) is 0 Å². The van der Waals surface area contributed by atoms with E-state index in [9.17, 15) is 0 Å². The van der Waals surface area contributed by atoms with Crippen LogP contribution < -0.4 is 0 Å². The lowest BCUT2D eigenvalue weighted by atomic mass is 9.94. The SMILES string of the molecule is C=C1OC2(CCCCC2)OC1(C)C. The minimum Gasteiger partial charge on any atom is -0.464 e. The van der Waals surface area contributed by atoms with Crippen LogP contribution in [0.15, 0.2) is 12.3 Å². The zero-order valence-electron chi connectivity index (χ0n) is 8.56. The largest absolute Gasteiger partial charge is 0.464 e. The third kappa shape index (κ3) is 1.48. The van der Waals surface area contributed by atoms with Crippen molar-refractivity contribution in [2.24, 2.45) is 0 Å². The molecule has 0 bridgehead atoms. The van der Waals surface area contributed by atoms with Crippen molar-refractivity contribution in [3.8, 4) is 0 Å². The summed E-state index contributed by atoms with van der Waals surface area (Å²) >= 11 is 0. The Bertz CT molecular complexity index is 224. The van der Waals surface area contributed by atoms with E-state index in [1.165, 1.54) is 19.3 Å². The molecule has 74 valence electrons. The maximum atomic E-state index is 5.97. The molecular weight excluding hydrogens is 164 g/mol. The van der Waals surface area contributed by atoms with E-state index in [1.54, 1.807) is 0 Å². The second kappa shape index (κ2) is 2.74. The first-order valence-electron chi connectivity index (χ1n) is 5.13. The lowest BCUT2D eigenvalue weighted by Crippen LogP contribution is -2.35. The van der Waals surface area contributed by atoms with Gasteiger partial charge in [-0.2, -0.15) is 0 Å². The molecule has 0 N–H and O–H groups in total. The van der Waals surface area contributed by atoms with Gasteiger partial charge < -0.3 is 9.47 Å². The lowest BCUT2D eigenvalue weighted by Gasteiger charge is -2.32. The van der Waals surface area contributed by atoms with Crippen molar-refractivity contribution < 1.29 is 9.47 Å². The summed E-state index contributed by atoms with van der Waals surface area (Å²) in [6.07, 6.45) is 5.78. The van der Waals surface area contributed by atoms with Gasteiger partial charge in [0.2, 0.25) is 5.79 Å². The molecule has 2 heteroatoms.